The van der Waals surface area contributed by atoms with E-state index in [4.69, 9.17) is 0 Å². The van der Waals surface area contributed by atoms with Crippen molar-refractivity contribution in [3.05, 3.63) is 0 Å². The second kappa shape index (κ2) is 8.10. The fourth-order valence-electron chi connectivity index (χ4n) is 2.60. The summed E-state index contributed by atoms with van der Waals surface area (Å²) in [7, 11) is 0. The fraction of sp³-hybridized carbons (Fsp3) is 1.00. The monoisotopic (exact) mass is 280 g/mol. The van der Waals surface area contributed by atoms with E-state index in [1.165, 1.54) is 6.42 Å². The van der Waals surface area contributed by atoms with Gasteiger partial charge in [0.25, 0.3) is 0 Å². The lowest BCUT2D eigenvalue weighted by Gasteiger charge is -2.24. The van der Waals surface area contributed by atoms with Gasteiger partial charge in [0.15, 0.2) is 0 Å². The van der Waals surface area contributed by atoms with Crippen LogP contribution in [0.1, 0.15) is 52.4 Å². The first kappa shape index (κ1) is 16.8. The molecule has 0 bridgehead atoms. The normalized spacial score (nSPS) is 22.7. The summed E-state index contributed by atoms with van der Waals surface area (Å²) in [6.45, 7) is 7.38. The van der Waals surface area contributed by atoms with Gasteiger partial charge in [-0.3, -0.25) is 0 Å². The number of alkyl halides is 3. The van der Waals surface area contributed by atoms with Gasteiger partial charge in [-0.25, -0.2) is 0 Å². The highest BCUT2D eigenvalue weighted by atomic mass is 19.4. The zero-order chi connectivity index (χ0) is 14.3. The van der Waals surface area contributed by atoms with Crippen LogP contribution in [-0.4, -0.2) is 42.8 Å². The molecule has 1 fully saturated rings. The van der Waals surface area contributed by atoms with Gasteiger partial charge in [-0.1, -0.05) is 0 Å². The summed E-state index contributed by atoms with van der Waals surface area (Å²) >= 11 is 0. The van der Waals surface area contributed by atoms with Crippen LogP contribution in [0.15, 0.2) is 0 Å². The molecule has 0 spiro atoms. The Morgan fingerprint density at radius 1 is 1.16 bits per heavy atom. The molecule has 114 valence electrons. The molecule has 0 aromatic heterocycles. The van der Waals surface area contributed by atoms with E-state index in [0.29, 0.717) is 25.0 Å². The van der Waals surface area contributed by atoms with Gasteiger partial charge in [-0.15, -0.1) is 0 Å². The smallest absolute Gasteiger partial charge is 0.314 e. The van der Waals surface area contributed by atoms with Crippen LogP contribution in [0.5, 0.6) is 0 Å². The lowest BCUT2D eigenvalue weighted by molar-refractivity contribution is -0.135. The molecular weight excluding hydrogens is 253 g/mol. The lowest BCUT2D eigenvalue weighted by Crippen LogP contribution is -2.34. The SMILES string of the molecule is CC(C)N1CCCC(NCCCCC(F)(F)F)CC1. The number of likely N-dealkylation sites (tertiary alicyclic amines) is 1. The molecule has 1 aliphatic heterocycles. The lowest BCUT2D eigenvalue weighted by atomic mass is 10.1. The molecule has 1 heterocycles. The fourth-order valence-corrected chi connectivity index (χ4v) is 2.60. The van der Waals surface area contributed by atoms with Crippen LogP contribution in [0.25, 0.3) is 0 Å². The molecule has 5 heteroatoms. The molecule has 19 heavy (non-hydrogen) atoms. The number of nitrogens with zero attached hydrogens (tertiary/aromatic N) is 1. The van der Waals surface area contributed by atoms with E-state index in [2.05, 4.69) is 24.1 Å². The molecule has 0 aromatic rings. The maximum atomic E-state index is 12.0. The molecule has 0 aromatic carbocycles. The Morgan fingerprint density at radius 3 is 2.53 bits per heavy atom. The molecule has 0 saturated carbocycles. The van der Waals surface area contributed by atoms with Crippen molar-refractivity contribution < 1.29 is 13.2 Å². The summed E-state index contributed by atoms with van der Waals surface area (Å²) in [5, 5.41) is 3.41. The Hall–Kier alpha value is -0.290. The first-order chi connectivity index (χ1) is 8.88. The second-order valence-electron chi connectivity index (χ2n) is 5.78. The quantitative estimate of drug-likeness (QED) is 0.748. The number of halogens is 3. The van der Waals surface area contributed by atoms with Crippen LogP contribution in [0, 0.1) is 0 Å². The molecular formula is C14H27F3N2. The molecule has 1 atom stereocenters. The molecule has 2 nitrogen and oxygen atoms in total. The van der Waals surface area contributed by atoms with E-state index in [-0.39, 0.29) is 6.42 Å². The molecule has 0 aliphatic carbocycles. The van der Waals surface area contributed by atoms with Gasteiger partial charge < -0.3 is 10.2 Å². The van der Waals surface area contributed by atoms with Crippen molar-refractivity contribution >= 4 is 0 Å². The van der Waals surface area contributed by atoms with E-state index in [1.54, 1.807) is 0 Å². The van der Waals surface area contributed by atoms with Crippen LogP contribution in [0.3, 0.4) is 0 Å². The zero-order valence-electron chi connectivity index (χ0n) is 12.1. The summed E-state index contributed by atoms with van der Waals surface area (Å²) in [5.74, 6) is 0. The average Bonchev–Trinajstić information content (AvgIpc) is 2.52. The predicted octanol–water partition coefficient (Wildman–Crippen LogP) is 3.57. The minimum atomic E-state index is -4.00. The van der Waals surface area contributed by atoms with Gasteiger partial charge >= 0.3 is 6.18 Å². The Bertz CT molecular complexity index is 241. The van der Waals surface area contributed by atoms with Crippen LogP contribution >= 0.6 is 0 Å². The third kappa shape index (κ3) is 7.78. The minimum absolute atomic E-state index is 0.237. The number of hydrogen-bond acceptors (Lipinski definition) is 2. The van der Waals surface area contributed by atoms with Gasteiger partial charge in [0.2, 0.25) is 0 Å². The largest absolute Gasteiger partial charge is 0.389 e. The van der Waals surface area contributed by atoms with Gasteiger partial charge in [0.05, 0.1) is 0 Å². The molecule has 1 N–H and O–H groups in total. The second-order valence-corrected chi connectivity index (χ2v) is 5.78. The number of nitrogens with one attached hydrogen (secondary N) is 1. The Morgan fingerprint density at radius 2 is 1.89 bits per heavy atom. The van der Waals surface area contributed by atoms with E-state index < -0.39 is 12.6 Å². The van der Waals surface area contributed by atoms with Gasteiger partial charge in [-0.05, 0) is 65.6 Å². The van der Waals surface area contributed by atoms with Crippen molar-refractivity contribution in [3.63, 3.8) is 0 Å². The van der Waals surface area contributed by atoms with Crippen molar-refractivity contribution in [1.29, 1.82) is 0 Å². The van der Waals surface area contributed by atoms with Crippen LogP contribution in [0.2, 0.25) is 0 Å². The van der Waals surface area contributed by atoms with E-state index >= 15 is 0 Å². The highest BCUT2D eigenvalue weighted by Crippen LogP contribution is 2.22. The molecule has 0 amide bonds. The van der Waals surface area contributed by atoms with Crippen molar-refractivity contribution in [2.45, 2.75) is 70.6 Å². The zero-order valence-corrected chi connectivity index (χ0v) is 12.1. The van der Waals surface area contributed by atoms with Gasteiger partial charge in [-0.2, -0.15) is 13.2 Å². The molecule has 1 rings (SSSR count). The average molecular weight is 280 g/mol. The highest BCUT2D eigenvalue weighted by Gasteiger charge is 2.25. The summed E-state index contributed by atoms with van der Waals surface area (Å²) in [6.07, 6.45) is -0.371. The summed E-state index contributed by atoms with van der Waals surface area (Å²) in [5.41, 5.74) is 0. The van der Waals surface area contributed by atoms with Crippen molar-refractivity contribution in [3.8, 4) is 0 Å². The Kier molecular flexibility index (Phi) is 7.15. The van der Waals surface area contributed by atoms with E-state index in [1.807, 2.05) is 0 Å². The van der Waals surface area contributed by atoms with Crippen LogP contribution in [-0.2, 0) is 0 Å². The first-order valence-corrected chi connectivity index (χ1v) is 7.42. The maximum absolute atomic E-state index is 12.0. The minimum Gasteiger partial charge on any atom is -0.314 e. The number of unbranched alkanes of at least 4 members (excludes halogenated alkanes) is 1. The number of rotatable bonds is 6. The van der Waals surface area contributed by atoms with Gasteiger partial charge in [0.1, 0.15) is 0 Å². The standard InChI is InChI=1S/C14H27F3N2/c1-12(2)19-10-5-6-13(7-11-19)18-9-4-3-8-14(15,16)17/h12-13,18H,3-11H2,1-2H3. The molecule has 1 aliphatic rings. The van der Waals surface area contributed by atoms with Crippen LogP contribution < -0.4 is 5.32 Å². The third-order valence-electron chi connectivity index (χ3n) is 3.81. The Balaban J connectivity index is 2.10. The topological polar surface area (TPSA) is 15.3 Å². The summed E-state index contributed by atoms with van der Waals surface area (Å²) in [4.78, 5) is 2.48. The summed E-state index contributed by atoms with van der Waals surface area (Å²) < 4.78 is 36.0. The van der Waals surface area contributed by atoms with Crippen molar-refractivity contribution in [2.75, 3.05) is 19.6 Å². The third-order valence-corrected chi connectivity index (χ3v) is 3.81. The van der Waals surface area contributed by atoms with Gasteiger partial charge in [0, 0.05) is 18.5 Å². The molecule has 1 unspecified atom stereocenters. The van der Waals surface area contributed by atoms with Crippen molar-refractivity contribution in [1.82, 2.24) is 10.2 Å². The van der Waals surface area contributed by atoms with E-state index in [0.717, 1.165) is 25.9 Å². The Labute approximate surface area is 114 Å². The molecule has 1 saturated heterocycles. The highest BCUT2D eigenvalue weighted by molar-refractivity contribution is 4.76. The summed E-state index contributed by atoms with van der Waals surface area (Å²) in [6, 6.07) is 1.07. The number of hydrogen-bond donors (Lipinski definition) is 1. The first-order valence-electron chi connectivity index (χ1n) is 7.42. The predicted molar refractivity (Wildman–Crippen MR) is 72.3 cm³/mol. The van der Waals surface area contributed by atoms with E-state index in [9.17, 15) is 13.2 Å². The maximum Gasteiger partial charge on any atom is 0.389 e. The van der Waals surface area contributed by atoms with Crippen molar-refractivity contribution in [2.24, 2.45) is 0 Å². The van der Waals surface area contributed by atoms with Crippen LogP contribution in [0.4, 0.5) is 13.2 Å². The molecule has 0 radical (unpaired) electrons.